The van der Waals surface area contributed by atoms with Gasteiger partial charge in [-0.05, 0) is 25.0 Å². The fraction of sp³-hybridized carbons (Fsp3) is 0.833. The summed E-state index contributed by atoms with van der Waals surface area (Å²) in [5.74, 6) is -0.0176. The van der Waals surface area contributed by atoms with E-state index in [0.717, 1.165) is 37.9 Å². The van der Waals surface area contributed by atoms with Crippen LogP contribution in [0.2, 0.25) is 0 Å². The highest BCUT2D eigenvalue weighted by atomic mass is 32.2. The Morgan fingerprint density at radius 3 is 2.76 bits per heavy atom. The number of carboxylic acid groups (broad SMARTS) is 1. The van der Waals surface area contributed by atoms with Crippen LogP contribution in [0.3, 0.4) is 0 Å². The quantitative estimate of drug-likeness (QED) is 0.766. The Balaban J connectivity index is 2.42. The molecule has 2 unspecified atom stereocenters. The first-order chi connectivity index (χ1) is 8.15. The first-order valence-corrected chi connectivity index (χ1v) is 7.34. The van der Waals surface area contributed by atoms with Gasteiger partial charge in [-0.25, -0.2) is 4.79 Å². The maximum atomic E-state index is 11.9. The summed E-state index contributed by atoms with van der Waals surface area (Å²) in [6.07, 6.45) is 5.39. The predicted molar refractivity (Wildman–Crippen MR) is 69.2 cm³/mol. The van der Waals surface area contributed by atoms with E-state index in [0.29, 0.717) is 6.42 Å². The molecule has 1 amide bonds. The minimum absolute atomic E-state index is 0.0489. The van der Waals surface area contributed by atoms with E-state index in [9.17, 15) is 9.59 Å². The van der Waals surface area contributed by atoms with Crippen LogP contribution in [-0.4, -0.2) is 34.0 Å². The molecular formula is C12H21NO3S. The van der Waals surface area contributed by atoms with Crippen molar-refractivity contribution in [2.24, 2.45) is 0 Å². The fourth-order valence-electron chi connectivity index (χ4n) is 1.88. The molecule has 0 radical (unpaired) electrons. The summed E-state index contributed by atoms with van der Waals surface area (Å²) < 4.78 is 0. The van der Waals surface area contributed by atoms with Crippen molar-refractivity contribution in [1.29, 1.82) is 0 Å². The average molecular weight is 259 g/mol. The SMILES string of the molecule is CCCCC(NC(=O)C1CCCCS1)C(=O)O. The van der Waals surface area contributed by atoms with Gasteiger partial charge < -0.3 is 10.4 Å². The summed E-state index contributed by atoms with van der Waals surface area (Å²) >= 11 is 1.64. The van der Waals surface area contributed by atoms with Crippen molar-refractivity contribution in [1.82, 2.24) is 5.32 Å². The normalized spacial score (nSPS) is 21.8. The minimum Gasteiger partial charge on any atom is -0.480 e. The van der Waals surface area contributed by atoms with Crippen LogP contribution in [0.25, 0.3) is 0 Å². The van der Waals surface area contributed by atoms with Crippen LogP contribution in [0, 0.1) is 0 Å². The highest BCUT2D eigenvalue weighted by Gasteiger charge is 2.26. The molecule has 1 heterocycles. The monoisotopic (exact) mass is 259 g/mol. The summed E-state index contributed by atoms with van der Waals surface area (Å²) in [5.41, 5.74) is 0. The molecule has 2 N–H and O–H groups in total. The number of aliphatic carboxylic acids is 1. The van der Waals surface area contributed by atoms with Crippen LogP contribution in [0.5, 0.6) is 0 Å². The van der Waals surface area contributed by atoms with E-state index in [1.54, 1.807) is 11.8 Å². The van der Waals surface area contributed by atoms with Crippen LogP contribution in [0.1, 0.15) is 45.4 Å². The number of amides is 1. The maximum absolute atomic E-state index is 11.9. The van der Waals surface area contributed by atoms with Crippen molar-refractivity contribution >= 4 is 23.6 Å². The molecule has 0 spiro atoms. The molecule has 5 heteroatoms. The van der Waals surface area contributed by atoms with Gasteiger partial charge >= 0.3 is 5.97 Å². The van der Waals surface area contributed by atoms with Crippen molar-refractivity contribution in [2.45, 2.75) is 56.7 Å². The fourth-order valence-corrected chi connectivity index (χ4v) is 3.09. The summed E-state index contributed by atoms with van der Waals surface area (Å²) in [5, 5.41) is 11.6. The number of rotatable bonds is 6. The first-order valence-electron chi connectivity index (χ1n) is 6.30. The summed E-state index contributed by atoms with van der Waals surface area (Å²) in [7, 11) is 0. The van der Waals surface area contributed by atoms with Crippen molar-refractivity contribution in [2.75, 3.05) is 5.75 Å². The number of carbonyl (C=O) groups is 2. The Morgan fingerprint density at radius 2 is 2.24 bits per heavy atom. The largest absolute Gasteiger partial charge is 0.480 e. The van der Waals surface area contributed by atoms with Crippen molar-refractivity contribution in [3.05, 3.63) is 0 Å². The molecule has 2 atom stereocenters. The molecule has 0 aromatic carbocycles. The van der Waals surface area contributed by atoms with E-state index in [4.69, 9.17) is 5.11 Å². The van der Waals surface area contributed by atoms with E-state index in [2.05, 4.69) is 5.32 Å². The van der Waals surface area contributed by atoms with Crippen LogP contribution >= 0.6 is 11.8 Å². The molecule has 0 bridgehead atoms. The zero-order chi connectivity index (χ0) is 12.7. The smallest absolute Gasteiger partial charge is 0.326 e. The number of hydrogen-bond donors (Lipinski definition) is 2. The third-order valence-electron chi connectivity index (χ3n) is 2.93. The lowest BCUT2D eigenvalue weighted by Crippen LogP contribution is -2.45. The Bertz CT molecular complexity index is 264. The Labute approximate surface area is 107 Å². The van der Waals surface area contributed by atoms with E-state index in [-0.39, 0.29) is 11.2 Å². The van der Waals surface area contributed by atoms with Gasteiger partial charge in [0.2, 0.25) is 5.91 Å². The number of hydrogen-bond acceptors (Lipinski definition) is 3. The number of carboxylic acids is 1. The van der Waals surface area contributed by atoms with E-state index in [1.807, 2.05) is 6.92 Å². The molecule has 4 nitrogen and oxygen atoms in total. The molecule has 98 valence electrons. The number of thioether (sulfide) groups is 1. The predicted octanol–water partition coefficient (Wildman–Crippen LogP) is 2.03. The minimum atomic E-state index is -0.924. The van der Waals surface area contributed by atoms with E-state index < -0.39 is 12.0 Å². The molecule has 0 aliphatic carbocycles. The van der Waals surface area contributed by atoms with Gasteiger partial charge in [0, 0.05) is 0 Å². The Hall–Kier alpha value is -0.710. The Morgan fingerprint density at radius 1 is 1.47 bits per heavy atom. The zero-order valence-corrected chi connectivity index (χ0v) is 11.1. The number of unbranched alkanes of at least 4 members (excludes halogenated alkanes) is 1. The van der Waals surface area contributed by atoms with Gasteiger partial charge in [0.1, 0.15) is 6.04 Å². The topological polar surface area (TPSA) is 66.4 Å². The summed E-state index contributed by atoms with van der Waals surface area (Å²) in [6, 6.07) is -0.718. The third kappa shape index (κ3) is 4.98. The van der Waals surface area contributed by atoms with E-state index in [1.165, 1.54) is 0 Å². The lowest BCUT2D eigenvalue weighted by Gasteiger charge is -2.22. The first kappa shape index (κ1) is 14.4. The number of nitrogens with one attached hydrogen (secondary N) is 1. The third-order valence-corrected chi connectivity index (χ3v) is 4.31. The van der Waals surface area contributed by atoms with Crippen molar-refractivity contribution in [3.63, 3.8) is 0 Å². The van der Waals surface area contributed by atoms with Gasteiger partial charge in [-0.3, -0.25) is 4.79 Å². The Kier molecular flexibility index (Phi) is 6.40. The molecule has 0 aromatic rings. The molecule has 17 heavy (non-hydrogen) atoms. The van der Waals surface area contributed by atoms with Crippen LogP contribution in [0.15, 0.2) is 0 Å². The highest BCUT2D eigenvalue weighted by Crippen LogP contribution is 2.25. The highest BCUT2D eigenvalue weighted by molar-refractivity contribution is 8.00. The van der Waals surface area contributed by atoms with Gasteiger partial charge in [-0.1, -0.05) is 26.2 Å². The van der Waals surface area contributed by atoms with Crippen molar-refractivity contribution < 1.29 is 14.7 Å². The standard InChI is InChI=1S/C12H21NO3S/c1-2-3-6-9(12(15)16)13-11(14)10-7-4-5-8-17-10/h9-10H,2-8H2,1H3,(H,13,14)(H,15,16). The van der Waals surface area contributed by atoms with Crippen LogP contribution in [0.4, 0.5) is 0 Å². The summed E-state index contributed by atoms with van der Waals surface area (Å²) in [6.45, 7) is 2.01. The molecule has 1 saturated heterocycles. The molecular weight excluding hydrogens is 238 g/mol. The molecule has 1 rings (SSSR count). The number of carbonyl (C=O) groups excluding carboxylic acids is 1. The molecule has 1 aliphatic heterocycles. The molecule has 0 saturated carbocycles. The molecule has 1 fully saturated rings. The van der Waals surface area contributed by atoms with Gasteiger partial charge in [0.25, 0.3) is 0 Å². The second-order valence-corrected chi connectivity index (χ2v) is 5.71. The molecule has 1 aliphatic rings. The van der Waals surface area contributed by atoms with Gasteiger partial charge in [-0.2, -0.15) is 0 Å². The van der Waals surface area contributed by atoms with Gasteiger partial charge in [0.05, 0.1) is 5.25 Å². The van der Waals surface area contributed by atoms with Gasteiger partial charge in [-0.15, -0.1) is 11.8 Å². The maximum Gasteiger partial charge on any atom is 0.326 e. The second-order valence-electron chi connectivity index (χ2n) is 4.40. The second kappa shape index (κ2) is 7.58. The average Bonchev–Trinajstić information content (AvgIpc) is 2.35. The lowest BCUT2D eigenvalue weighted by molar-refractivity contribution is -0.142. The van der Waals surface area contributed by atoms with Crippen LogP contribution < -0.4 is 5.32 Å². The zero-order valence-electron chi connectivity index (χ0n) is 10.3. The van der Waals surface area contributed by atoms with Gasteiger partial charge in [0.15, 0.2) is 0 Å². The summed E-state index contributed by atoms with van der Waals surface area (Å²) in [4.78, 5) is 22.9. The molecule has 0 aromatic heterocycles. The van der Waals surface area contributed by atoms with Crippen molar-refractivity contribution in [3.8, 4) is 0 Å². The lowest BCUT2D eigenvalue weighted by atomic mass is 10.1. The van der Waals surface area contributed by atoms with E-state index >= 15 is 0 Å². The van der Waals surface area contributed by atoms with Crippen LogP contribution in [-0.2, 0) is 9.59 Å².